The van der Waals surface area contributed by atoms with Crippen LogP contribution in [0.4, 0.5) is 52.7 Å². The predicted octanol–water partition coefficient (Wildman–Crippen LogP) is 12.9. The molecule has 0 unspecified atom stereocenters. The lowest BCUT2D eigenvalue weighted by molar-refractivity contribution is -0.302. The first kappa shape index (κ1) is 39.8. The SMILES string of the molecule is CC(C)[Si](c1sc(-c2sc([Si](C(C)C)(C(C)C)C(C)C)c3c2C(F)(F)C(F)(F)C3(F)F)c2c1C(F)(F)C(F)(F)C2(F)F)(C(C)C)C(C)C. The van der Waals surface area contributed by atoms with Gasteiger partial charge in [0.25, 0.3) is 0 Å². The Kier molecular flexibility index (Phi) is 9.32. The lowest BCUT2D eigenvalue weighted by atomic mass is 10.0. The van der Waals surface area contributed by atoms with Crippen molar-refractivity contribution in [2.45, 2.75) is 152 Å². The Labute approximate surface area is 283 Å². The molecular formula is C32H42F12S2Si2. The number of fused-ring (bicyclic) bond motifs is 2. The molecule has 0 N–H and O–H groups in total. The van der Waals surface area contributed by atoms with Crippen molar-refractivity contribution in [3.8, 4) is 9.75 Å². The van der Waals surface area contributed by atoms with Crippen molar-refractivity contribution >= 4 is 47.8 Å². The summed E-state index contributed by atoms with van der Waals surface area (Å²) < 4.78 is 188. The average molecular weight is 775 g/mol. The van der Waals surface area contributed by atoms with E-state index in [2.05, 4.69) is 0 Å². The van der Waals surface area contributed by atoms with Gasteiger partial charge in [0.15, 0.2) is 0 Å². The molecule has 2 aromatic heterocycles. The molecule has 0 nitrogen and oxygen atoms in total. The Morgan fingerprint density at radius 1 is 0.354 bits per heavy atom. The van der Waals surface area contributed by atoms with Crippen LogP contribution in [0.2, 0.25) is 33.2 Å². The predicted molar refractivity (Wildman–Crippen MR) is 174 cm³/mol. The first-order chi connectivity index (χ1) is 21.4. The van der Waals surface area contributed by atoms with Gasteiger partial charge in [0.1, 0.15) is 16.1 Å². The van der Waals surface area contributed by atoms with E-state index in [4.69, 9.17) is 0 Å². The Morgan fingerprint density at radius 3 is 0.729 bits per heavy atom. The molecule has 0 spiro atoms. The summed E-state index contributed by atoms with van der Waals surface area (Å²) in [5, 5.41) is 0. The van der Waals surface area contributed by atoms with Crippen molar-refractivity contribution in [1.29, 1.82) is 0 Å². The molecule has 2 aliphatic carbocycles. The van der Waals surface area contributed by atoms with Gasteiger partial charge in [-0.1, -0.05) is 83.1 Å². The van der Waals surface area contributed by atoms with Crippen LogP contribution in [0.1, 0.15) is 105 Å². The number of hydrogen-bond donors (Lipinski definition) is 0. The third-order valence-corrected chi connectivity index (χ3v) is 29.8. The Morgan fingerprint density at radius 2 is 0.542 bits per heavy atom. The van der Waals surface area contributed by atoms with Crippen LogP contribution in [0.25, 0.3) is 9.75 Å². The van der Waals surface area contributed by atoms with Crippen molar-refractivity contribution in [2.24, 2.45) is 0 Å². The van der Waals surface area contributed by atoms with Crippen molar-refractivity contribution in [3.63, 3.8) is 0 Å². The number of rotatable bonds is 9. The number of thiophene rings is 2. The van der Waals surface area contributed by atoms with Gasteiger partial charge < -0.3 is 0 Å². The fourth-order valence-electron chi connectivity index (χ4n) is 9.59. The quantitative estimate of drug-likeness (QED) is 0.176. The molecule has 4 rings (SSSR count). The first-order valence-electron chi connectivity index (χ1n) is 16.0. The van der Waals surface area contributed by atoms with Gasteiger partial charge in [-0.3, -0.25) is 0 Å². The molecule has 2 aliphatic rings. The van der Waals surface area contributed by atoms with Gasteiger partial charge >= 0.3 is 35.5 Å². The van der Waals surface area contributed by atoms with Gasteiger partial charge in [0, 0.05) is 20.1 Å². The molecule has 0 aromatic carbocycles. The maximum Gasteiger partial charge on any atom is 0.380 e. The lowest BCUT2D eigenvalue weighted by Gasteiger charge is -2.43. The van der Waals surface area contributed by atoms with Gasteiger partial charge in [-0.05, 0) is 33.2 Å². The standard InChI is InChI=1S/C32H42F12S2Si2/c1-13(2)47(14(3)4,15(5)6)25-21-19(27(33,34)31(41,42)29(21,37)38)23(45-25)24-20-22(30(39,40)32(43,44)28(20,35)36)26(46-24)48(16(7)8,17(9)10)18(11)12/h13-18H,1-12H3. The van der Waals surface area contributed by atoms with Crippen LogP contribution in [-0.4, -0.2) is 28.0 Å². The van der Waals surface area contributed by atoms with E-state index in [1.54, 1.807) is 83.1 Å². The van der Waals surface area contributed by atoms with Crippen LogP contribution in [0.3, 0.4) is 0 Å². The first-order valence-corrected chi connectivity index (χ1v) is 22.1. The zero-order valence-corrected chi connectivity index (χ0v) is 32.4. The van der Waals surface area contributed by atoms with Crippen molar-refractivity contribution in [3.05, 3.63) is 22.3 Å². The third kappa shape index (κ3) is 4.26. The van der Waals surface area contributed by atoms with E-state index >= 15 is 52.7 Å². The zero-order valence-electron chi connectivity index (χ0n) is 28.8. The van der Waals surface area contributed by atoms with Crippen LogP contribution in [0, 0.1) is 0 Å². The molecule has 2 heterocycles. The highest BCUT2D eigenvalue weighted by Gasteiger charge is 2.84. The van der Waals surface area contributed by atoms with Gasteiger partial charge in [-0.15, -0.1) is 22.7 Å². The van der Waals surface area contributed by atoms with Gasteiger partial charge in [0.2, 0.25) is 0 Å². The van der Waals surface area contributed by atoms with E-state index in [0.717, 1.165) is 0 Å². The monoisotopic (exact) mass is 774 g/mol. The van der Waals surface area contributed by atoms with Crippen molar-refractivity contribution in [1.82, 2.24) is 0 Å². The van der Waals surface area contributed by atoms with Gasteiger partial charge in [-0.25, -0.2) is 0 Å². The number of alkyl halides is 12. The minimum absolute atomic E-state index is 0.200. The van der Waals surface area contributed by atoms with Crippen LogP contribution >= 0.6 is 22.7 Å². The summed E-state index contributed by atoms with van der Waals surface area (Å²) in [6, 6.07) is 0. The molecular weight excluding hydrogens is 733 g/mol. The minimum atomic E-state index is -6.01. The molecule has 48 heavy (non-hydrogen) atoms. The second-order valence-electron chi connectivity index (χ2n) is 15.3. The largest absolute Gasteiger partial charge is 0.380 e. The molecule has 0 fully saturated rings. The summed E-state index contributed by atoms with van der Waals surface area (Å²) in [5.74, 6) is -34.3. The number of halogens is 12. The maximum atomic E-state index is 16.0. The van der Waals surface area contributed by atoms with E-state index in [1.165, 1.54) is 0 Å². The third-order valence-electron chi connectivity index (χ3n) is 11.4. The van der Waals surface area contributed by atoms with Crippen LogP contribution in [0.5, 0.6) is 0 Å². The summed E-state index contributed by atoms with van der Waals surface area (Å²) in [6.07, 6.45) is 0. The van der Waals surface area contributed by atoms with Crippen molar-refractivity contribution in [2.75, 3.05) is 0 Å². The summed E-state index contributed by atoms with van der Waals surface area (Å²) in [7, 11) is -7.17. The maximum absolute atomic E-state index is 16.0. The molecule has 0 bridgehead atoms. The fourth-order valence-corrected chi connectivity index (χ4v) is 30.8. The van der Waals surface area contributed by atoms with Crippen LogP contribution < -0.4 is 9.00 Å². The Balaban J connectivity index is 2.39. The molecule has 0 radical (unpaired) electrons. The van der Waals surface area contributed by atoms with E-state index in [9.17, 15) is 0 Å². The van der Waals surface area contributed by atoms with Crippen molar-refractivity contribution < 1.29 is 52.7 Å². The van der Waals surface area contributed by atoms with Crippen LogP contribution in [0.15, 0.2) is 0 Å². The summed E-state index contributed by atoms with van der Waals surface area (Å²) in [6.45, 7) is 19.7. The summed E-state index contributed by atoms with van der Waals surface area (Å²) in [4.78, 5) is -2.36. The molecule has 274 valence electrons. The van der Waals surface area contributed by atoms with E-state index in [-0.39, 0.29) is 22.7 Å². The zero-order chi connectivity index (χ0) is 37.5. The highest BCUT2D eigenvalue weighted by molar-refractivity contribution is 7.35. The van der Waals surface area contributed by atoms with Gasteiger partial charge in [0.05, 0.1) is 20.9 Å². The molecule has 0 amide bonds. The topological polar surface area (TPSA) is 0 Å². The molecule has 16 heteroatoms. The van der Waals surface area contributed by atoms with E-state index in [1.807, 2.05) is 0 Å². The minimum Gasteiger partial charge on any atom is -0.194 e. The average Bonchev–Trinajstić information content (AvgIpc) is 3.53. The highest BCUT2D eigenvalue weighted by Crippen LogP contribution is 2.71. The smallest absolute Gasteiger partial charge is 0.194 e. The molecule has 0 atom stereocenters. The molecule has 0 aliphatic heterocycles. The molecule has 2 aromatic rings. The van der Waals surface area contributed by atoms with E-state index in [0.29, 0.717) is 0 Å². The second kappa shape index (κ2) is 11.2. The van der Waals surface area contributed by atoms with Crippen LogP contribution in [-0.2, 0) is 23.7 Å². The molecule has 0 saturated carbocycles. The van der Waals surface area contributed by atoms with Gasteiger partial charge in [-0.2, -0.15) is 52.7 Å². The summed E-state index contributed by atoms with van der Waals surface area (Å²) in [5.41, 5.74) is -10.3. The molecule has 0 saturated heterocycles. The Bertz CT molecular complexity index is 1420. The summed E-state index contributed by atoms with van der Waals surface area (Å²) >= 11 is 0.399. The number of hydrogen-bond acceptors (Lipinski definition) is 2. The lowest BCUT2D eigenvalue weighted by Crippen LogP contribution is -2.57. The second-order valence-corrected chi connectivity index (χ2v) is 29.7. The highest BCUT2D eigenvalue weighted by atomic mass is 32.1. The Hall–Kier alpha value is -1.01. The fraction of sp³-hybridized carbons (Fsp3) is 0.750. The van der Waals surface area contributed by atoms with E-state index < -0.39 is 126 Å². The normalized spacial score (nSPS) is 22.2.